The quantitative estimate of drug-likeness (QED) is 0.692. The molecule has 0 saturated carbocycles. The Labute approximate surface area is 83.7 Å². The summed E-state index contributed by atoms with van der Waals surface area (Å²) in [6, 6.07) is 12.3. The van der Waals surface area contributed by atoms with Gasteiger partial charge in [-0.25, -0.2) is 0 Å². The van der Waals surface area contributed by atoms with Crippen LogP contribution in [0, 0.1) is 0 Å². The maximum absolute atomic E-state index is 4.16. The Morgan fingerprint density at radius 1 is 1.00 bits per heavy atom. The van der Waals surface area contributed by atoms with Crippen LogP contribution in [0.5, 0.6) is 0 Å². The van der Waals surface area contributed by atoms with Crippen LogP contribution in [-0.4, -0.2) is 4.98 Å². The Kier molecular flexibility index (Phi) is 2.41. The highest BCUT2D eigenvalue weighted by Crippen LogP contribution is 2.18. The zero-order valence-corrected chi connectivity index (χ0v) is 7.85. The molecule has 1 heteroatoms. The Balaban J connectivity index is 2.47. The van der Waals surface area contributed by atoms with E-state index in [4.69, 9.17) is 0 Å². The van der Waals surface area contributed by atoms with Crippen molar-refractivity contribution in [2.24, 2.45) is 0 Å². The molecule has 0 spiro atoms. The fraction of sp³-hybridized carbons (Fsp3) is 0. The van der Waals surface area contributed by atoms with Gasteiger partial charge in [0.1, 0.15) is 0 Å². The van der Waals surface area contributed by atoms with Crippen LogP contribution in [0.2, 0.25) is 0 Å². The molecule has 0 atom stereocenters. The normalized spacial score (nSPS) is 9.71. The molecular formula is C13H11N. The van der Waals surface area contributed by atoms with Gasteiger partial charge in [0.25, 0.3) is 0 Å². The minimum Gasteiger partial charge on any atom is -0.263 e. The number of benzene rings is 1. The topological polar surface area (TPSA) is 12.9 Å². The zero-order valence-electron chi connectivity index (χ0n) is 7.85. The maximum atomic E-state index is 4.16. The molecule has 0 fully saturated rings. The molecule has 0 aliphatic carbocycles. The lowest BCUT2D eigenvalue weighted by Gasteiger charge is -2.01. The summed E-state index contributed by atoms with van der Waals surface area (Å²) in [4.78, 5) is 4.16. The molecule has 0 N–H and O–H groups in total. The van der Waals surface area contributed by atoms with E-state index in [1.165, 1.54) is 5.56 Å². The molecule has 0 aliphatic rings. The third kappa shape index (κ3) is 1.72. The van der Waals surface area contributed by atoms with Crippen LogP contribution in [0.3, 0.4) is 0 Å². The van der Waals surface area contributed by atoms with Gasteiger partial charge >= 0.3 is 0 Å². The molecule has 2 rings (SSSR count). The molecule has 1 aromatic heterocycles. The summed E-state index contributed by atoms with van der Waals surface area (Å²) >= 11 is 0. The first-order chi connectivity index (χ1) is 6.90. The Bertz CT molecular complexity index is 432. The van der Waals surface area contributed by atoms with Gasteiger partial charge < -0.3 is 0 Å². The predicted octanol–water partition coefficient (Wildman–Crippen LogP) is 3.39. The van der Waals surface area contributed by atoms with Crippen molar-refractivity contribution >= 4 is 6.08 Å². The number of rotatable bonds is 2. The van der Waals surface area contributed by atoms with Crippen molar-refractivity contribution in [1.82, 2.24) is 4.98 Å². The van der Waals surface area contributed by atoms with Crippen LogP contribution in [0.25, 0.3) is 17.2 Å². The lowest BCUT2D eigenvalue weighted by molar-refractivity contribution is 1.32. The van der Waals surface area contributed by atoms with Gasteiger partial charge in [0.15, 0.2) is 0 Å². The van der Waals surface area contributed by atoms with E-state index in [2.05, 4.69) is 29.8 Å². The van der Waals surface area contributed by atoms with Gasteiger partial charge in [0, 0.05) is 18.0 Å². The van der Waals surface area contributed by atoms with Crippen molar-refractivity contribution in [2.45, 2.75) is 0 Å². The Morgan fingerprint density at radius 2 is 1.79 bits per heavy atom. The molecule has 0 saturated heterocycles. The minimum atomic E-state index is 1.05. The van der Waals surface area contributed by atoms with Gasteiger partial charge in [-0.3, -0.25) is 4.98 Å². The van der Waals surface area contributed by atoms with Gasteiger partial charge in [0.05, 0.1) is 0 Å². The van der Waals surface area contributed by atoms with Crippen molar-refractivity contribution in [3.8, 4) is 11.1 Å². The Hall–Kier alpha value is -1.89. The van der Waals surface area contributed by atoms with E-state index >= 15 is 0 Å². The van der Waals surface area contributed by atoms with Crippen molar-refractivity contribution in [1.29, 1.82) is 0 Å². The van der Waals surface area contributed by atoms with Crippen LogP contribution in [0.15, 0.2) is 55.4 Å². The molecule has 14 heavy (non-hydrogen) atoms. The van der Waals surface area contributed by atoms with Crippen LogP contribution in [0.4, 0.5) is 0 Å². The molecule has 0 bridgehead atoms. The van der Waals surface area contributed by atoms with Gasteiger partial charge in [0.2, 0.25) is 0 Å². The summed E-state index contributed by atoms with van der Waals surface area (Å²) in [5.41, 5.74) is 3.36. The van der Waals surface area contributed by atoms with Crippen LogP contribution in [0.1, 0.15) is 5.56 Å². The molecule has 0 unspecified atom stereocenters. The fourth-order valence-corrected chi connectivity index (χ4v) is 1.36. The maximum Gasteiger partial charge on any atom is 0.0346 e. The monoisotopic (exact) mass is 181 g/mol. The van der Waals surface area contributed by atoms with Gasteiger partial charge in [-0.05, 0) is 17.2 Å². The highest BCUT2D eigenvalue weighted by molar-refractivity contribution is 5.65. The lowest BCUT2D eigenvalue weighted by atomic mass is 10.1. The fourth-order valence-electron chi connectivity index (χ4n) is 1.36. The average Bonchev–Trinajstić information content (AvgIpc) is 2.30. The van der Waals surface area contributed by atoms with Crippen molar-refractivity contribution in [3.05, 3.63) is 60.9 Å². The third-order valence-electron chi connectivity index (χ3n) is 2.10. The van der Waals surface area contributed by atoms with E-state index < -0.39 is 0 Å². The zero-order chi connectivity index (χ0) is 9.80. The molecule has 0 aliphatic heterocycles. The van der Waals surface area contributed by atoms with E-state index in [0.29, 0.717) is 0 Å². The lowest BCUT2D eigenvalue weighted by Crippen LogP contribution is -1.81. The second-order valence-electron chi connectivity index (χ2n) is 3.08. The smallest absolute Gasteiger partial charge is 0.0346 e. The molecule has 0 radical (unpaired) electrons. The first-order valence-corrected chi connectivity index (χ1v) is 4.53. The molecule has 1 aromatic carbocycles. The second-order valence-corrected chi connectivity index (χ2v) is 3.08. The number of hydrogen-bond acceptors (Lipinski definition) is 1. The number of hydrogen-bond donors (Lipinski definition) is 0. The van der Waals surface area contributed by atoms with Crippen LogP contribution < -0.4 is 0 Å². The summed E-state index contributed by atoms with van der Waals surface area (Å²) in [5, 5.41) is 0. The van der Waals surface area contributed by atoms with Gasteiger partial charge in [-0.2, -0.15) is 0 Å². The van der Waals surface area contributed by atoms with E-state index in [0.717, 1.165) is 11.1 Å². The standard InChI is InChI=1S/C13H11N/c1-2-11-8-13(10-14-9-11)12-6-4-3-5-7-12/h2-10H,1H2. The third-order valence-corrected chi connectivity index (χ3v) is 2.10. The van der Waals surface area contributed by atoms with Crippen molar-refractivity contribution < 1.29 is 0 Å². The van der Waals surface area contributed by atoms with Crippen LogP contribution in [-0.2, 0) is 0 Å². The summed E-state index contributed by atoms with van der Waals surface area (Å²) in [6.07, 6.45) is 5.47. The first kappa shape index (κ1) is 8.70. The molecule has 1 nitrogen and oxygen atoms in total. The molecule has 0 amide bonds. The van der Waals surface area contributed by atoms with E-state index in [-0.39, 0.29) is 0 Å². The van der Waals surface area contributed by atoms with Crippen molar-refractivity contribution in [2.75, 3.05) is 0 Å². The summed E-state index contributed by atoms with van der Waals surface area (Å²) in [6.45, 7) is 3.73. The summed E-state index contributed by atoms with van der Waals surface area (Å²) in [7, 11) is 0. The number of aromatic nitrogens is 1. The van der Waals surface area contributed by atoms with E-state index in [1.807, 2.05) is 24.4 Å². The average molecular weight is 181 g/mol. The van der Waals surface area contributed by atoms with Crippen molar-refractivity contribution in [3.63, 3.8) is 0 Å². The van der Waals surface area contributed by atoms with Gasteiger partial charge in [-0.15, -0.1) is 0 Å². The molecule has 2 aromatic rings. The van der Waals surface area contributed by atoms with Gasteiger partial charge in [-0.1, -0.05) is 43.0 Å². The highest BCUT2D eigenvalue weighted by atomic mass is 14.6. The molecule has 1 heterocycles. The van der Waals surface area contributed by atoms with Crippen LogP contribution >= 0.6 is 0 Å². The van der Waals surface area contributed by atoms with E-state index in [1.54, 1.807) is 12.3 Å². The largest absolute Gasteiger partial charge is 0.263 e. The summed E-state index contributed by atoms with van der Waals surface area (Å²) < 4.78 is 0. The highest BCUT2D eigenvalue weighted by Gasteiger charge is 1.96. The minimum absolute atomic E-state index is 1.05. The number of nitrogens with zero attached hydrogens (tertiary/aromatic N) is 1. The second kappa shape index (κ2) is 3.88. The molecular weight excluding hydrogens is 170 g/mol. The first-order valence-electron chi connectivity index (χ1n) is 4.53. The Morgan fingerprint density at radius 3 is 2.50 bits per heavy atom. The van der Waals surface area contributed by atoms with E-state index in [9.17, 15) is 0 Å². The number of pyridine rings is 1. The summed E-state index contributed by atoms with van der Waals surface area (Å²) in [5.74, 6) is 0. The SMILES string of the molecule is C=Cc1cncc(-c2ccccc2)c1. The predicted molar refractivity (Wildman–Crippen MR) is 59.8 cm³/mol. The molecule has 68 valence electrons.